The summed E-state index contributed by atoms with van der Waals surface area (Å²) in [5, 5.41) is 0. The predicted octanol–water partition coefficient (Wildman–Crippen LogP) is 2.78. The Labute approximate surface area is 174 Å². The number of benzene rings is 1. The highest BCUT2D eigenvalue weighted by molar-refractivity contribution is 5.80. The Morgan fingerprint density at radius 2 is 1.79 bits per heavy atom. The van der Waals surface area contributed by atoms with E-state index in [0.29, 0.717) is 12.5 Å². The first-order chi connectivity index (χ1) is 13.9. The smallest absolute Gasteiger partial charge is 0.320 e. The molecule has 1 spiro atoms. The van der Waals surface area contributed by atoms with Gasteiger partial charge in [-0.15, -0.1) is 0 Å². The van der Waals surface area contributed by atoms with Crippen LogP contribution in [-0.2, 0) is 10.3 Å². The third-order valence-corrected chi connectivity index (χ3v) is 7.50. The number of carbonyl (C=O) groups is 2. The average Bonchev–Trinajstić information content (AvgIpc) is 3.50. The maximum absolute atomic E-state index is 13.2. The summed E-state index contributed by atoms with van der Waals surface area (Å²) in [5.41, 5.74) is 6.62. The second kappa shape index (κ2) is 7.63. The van der Waals surface area contributed by atoms with Crippen molar-refractivity contribution < 1.29 is 9.59 Å². The molecule has 1 aromatic rings. The van der Waals surface area contributed by atoms with Crippen LogP contribution in [-0.4, -0.2) is 65.9 Å². The Kier molecular flexibility index (Phi) is 5.32. The van der Waals surface area contributed by atoms with Crippen LogP contribution in [0.2, 0.25) is 0 Å². The van der Waals surface area contributed by atoms with Crippen LogP contribution in [0, 0.1) is 5.92 Å². The Hall–Kier alpha value is -2.08. The van der Waals surface area contributed by atoms with Crippen LogP contribution in [0.5, 0.6) is 0 Å². The molecule has 4 rings (SSSR count). The van der Waals surface area contributed by atoms with Crippen molar-refractivity contribution in [1.29, 1.82) is 0 Å². The molecule has 29 heavy (non-hydrogen) atoms. The molecule has 3 fully saturated rings. The van der Waals surface area contributed by atoms with Gasteiger partial charge in [-0.1, -0.05) is 30.3 Å². The summed E-state index contributed by atoms with van der Waals surface area (Å²) < 4.78 is 0. The monoisotopic (exact) mass is 398 g/mol. The van der Waals surface area contributed by atoms with Crippen molar-refractivity contribution in [1.82, 2.24) is 14.7 Å². The quantitative estimate of drug-likeness (QED) is 0.768. The molecule has 2 saturated carbocycles. The van der Waals surface area contributed by atoms with Crippen LogP contribution in [0.15, 0.2) is 30.3 Å². The van der Waals surface area contributed by atoms with Crippen LogP contribution in [0.25, 0.3) is 0 Å². The van der Waals surface area contributed by atoms with Crippen LogP contribution in [0.1, 0.15) is 50.5 Å². The SMILES string of the molecule is CN(C)C1(c2ccccc2)CCC2(CC1)CN(CCC(N)=O)C(=O)N2CC1CC1. The zero-order chi connectivity index (χ0) is 20.6. The van der Waals surface area contributed by atoms with E-state index >= 15 is 0 Å². The molecule has 1 saturated heterocycles. The lowest BCUT2D eigenvalue weighted by Crippen LogP contribution is -2.55. The van der Waals surface area contributed by atoms with E-state index in [1.54, 1.807) is 0 Å². The second-order valence-electron chi connectivity index (χ2n) is 9.49. The summed E-state index contributed by atoms with van der Waals surface area (Å²) in [7, 11) is 4.35. The van der Waals surface area contributed by atoms with Gasteiger partial charge in [-0.2, -0.15) is 0 Å². The normalized spacial score (nSPS) is 29.8. The summed E-state index contributed by atoms with van der Waals surface area (Å²) >= 11 is 0. The van der Waals surface area contributed by atoms with E-state index in [2.05, 4.69) is 54.2 Å². The molecule has 0 unspecified atom stereocenters. The lowest BCUT2D eigenvalue weighted by molar-refractivity contribution is -0.118. The van der Waals surface area contributed by atoms with Gasteiger partial charge in [-0.3, -0.25) is 9.69 Å². The zero-order valence-electron chi connectivity index (χ0n) is 17.8. The standard InChI is InChI=1S/C23H34N4O2/c1-25(2)23(19-6-4-3-5-7-19)13-11-22(12-14-23)17-26(15-10-20(24)28)21(29)27(22)16-18-8-9-18/h3-7,18H,8-17H2,1-2H3,(H2,24,28). The molecule has 6 nitrogen and oxygen atoms in total. The summed E-state index contributed by atoms with van der Waals surface area (Å²) in [6.45, 7) is 2.03. The molecule has 0 atom stereocenters. The lowest BCUT2D eigenvalue weighted by Gasteiger charge is -2.51. The van der Waals surface area contributed by atoms with E-state index < -0.39 is 0 Å². The van der Waals surface area contributed by atoms with Crippen molar-refractivity contribution in [2.75, 3.05) is 33.7 Å². The number of rotatable bonds is 7. The fourth-order valence-electron chi connectivity index (χ4n) is 5.43. The Bertz CT molecular complexity index is 751. The van der Waals surface area contributed by atoms with Gasteiger partial charge >= 0.3 is 6.03 Å². The van der Waals surface area contributed by atoms with Crippen LogP contribution in [0.3, 0.4) is 0 Å². The number of amides is 3. The first kappa shape index (κ1) is 20.2. The molecule has 0 aromatic heterocycles. The number of hydrogen-bond acceptors (Lipinski definition) is 3. The summed E-state index contributed by atoms with van der Waals surface area (Å²) in [6, 6.07) is 10.9. The Morgan fingerprint density at radius 1 is 1.14 bits per heavy atom. The number of primary amides is 1. The molecule has 2 N–H and O–H groups in total. The number of hydrogen-bond donors (Lipinski definition) is 1. The van der Waals surface area contributed by atoms with Crippen molar-refractivity contribution >= 4 is 11.9 Å². The first-order valence-electron chi connectivity index (χ1n) is 10.9. The largest absolute Gasteiger partial charge is 0.370 e. The van der Waals surface area contributed by atoms with Crippen LogP contribution >= 0.6 is 0 Å². The molecule has 158 valence electrons. The van der Waals surface area contributed by atoms with Crippen molar-refractivity contribution in [2.45, 2.75) is 56.0 Å². The summed E-state index contributed by atoms with van der Waals surface area (Å²) in [5.74, 6) is 0.313. The van der Waals surface area contributed by atoms with E-state index in [4.69, 9.17) is 5.73 Å². The van der Waals surface area contributed by atoms with Gasteiger partial charge in [0.05, 0.1) is 5.54 Å². The molecule has 0 radical (unpaired) electrons. The maximum atomic E-state index is 13.2. The van der Waals surface area contributed by atoms with Crippen molar-refractivity contribution in [3.05, 3.63) is 35.9 Å². The molecular weight excluding hydrogens is 364 g/mol. The molecule has 3 amide bonds. The topological polar surface area (TPSA) is 69.9 Å². The highest BCUT2D eigenvalue weighted by atomic mass is 16.2. The summed E-state index contributed by atoms with van der Waals surface area (Å²) in [6.07, 6.45) is 6.74. The lowest BCUT2D eigenvalue weighted by atomic mass is 9.68. The number of carbonyl (C=O) groups excluding carboxylic acids is 2. The Morgan fingerprint density at radius 3 is 2.34 bits per heavy atom. The van der Waals surface area contributed by atoms with E-state index in [1.165, 1.54) is 18.4 Å². The zero-order valence-corrected chi connectivity index (χ0v) is 17.8. The van der Waals surface area contributed by atoms with Crippen LogP contribution in [0.4, 0.5) is 4.79 Å². The molecule has 2 aliphatic carbocycles. The third kappa shape index (κ3) is 3.75. The molecule has 1 heterocycles. The average molecular weight is 399 g/mol. The number of nitrogens with zero attached hydrogens (tertiary/aromatic N) is 3. The maximum Gasteiger partial charge on any atom is 0.320 e. The third-order valence-electron chi connectivity index (χ3n) is 7.50. The molecule has 6 heteroatoms. The summed E-state index contributed by atoms with van der Waals surface area (Å²) in [4.78, 5) is 30.9. The predicted molar refractivity (Wildman–Crippen MR) is 113 cm³/mol. The molecule has 1 aliphatic heterocycles. The van der Waals surface area contributed by atoms with Crippen molar-refractivity contribution in [3.8, 4) is 0 Å². The molecular formula is C23H34N4O2. The number of urea groups is 1. The van der Waals surface area contributed by atoms with E-state index in [9.17, 15) is 9.59 Å². The fraction of sp³-hybridized carbons (Fsp3) is 0.652. The molecule has 1 aromatic carbocycles. The van der Waals surface area contributed by atoms with E-state index in [-0.39, 0.29) is 29.4 Å². The molecule has 3 aliphatic rings. The van der Waals surface area contributed by atoms with Gasteiger partial charge in [-0.05, 0) is 64.1 Å². The Balaban J connectivity index is 1.56. The van der Waals surface area contributed by atoms with Crippen LogP contribution < -0.4 is 5.73 Å². The first-order valence-corrected chi connectivity index (χ1v) is 10.9. The second-order valence-corrected chi connectivity index (χ2v) is 9.49. The van der Waals surface area contributed by atoms with Gasteiger partial charge in [0, 0.05) is 31.6 Å². The fourth-order valence-corrected chi connectivity index (χ4v) is 5.43. The van der Waals surface area contributed by atoms with Crippen molar-refractivity contribution in [2.24, 2.45) is 11.7 Å². The minimum Gasteiger partial charge on any atom is -0.370 e. The van der Waals surface area contributed by atoms with Gasteiger partial charge in [0.2, 0.25) is 5.91 Å². The highest BCUT2D eigenvalue weighted by Gasteiger charge is 2.55. The van der Waals surface area contributed by atoms with Gasteiger partial charge in [-0.25, -0.2) is 4.79 Å². The highest BCUT2D eigenvalue weighted by Crippen LogP contribution is 2.49. The van der Waals surface area contributed by atoms with Gasteiger partial charge in [0.15, 0.2) is 0 Å². The molecule has 0 bridgehead atoms. The van der Waals surface area contributed by atoms with E-state index in [0.717, 1.165) is 38.8 Å². The number of nitrogens with two attached hydrogens (primary N) is 1. The van der Waals surface area contributed by atoms with Gasteiger partial charge in [0.25, 0.3) is 0 Å². The van der Waals surface area contributed by atoms with Gasteiger partial charge < -0.3 is 15.5 Å². The van der Waals surface area contributed by atoms with Crippen molar-refractivity contribution in [3.63, 3.8) is 0 Å². The minimum atomic E-state index is -0.341. The minimum absolute atomic E-state index is 0.0153. The van der Waals surface area contributed by atoms with E-state index in [1.807, 2.05) is 4.90 Å². The van der Waals surface area contributed by atoms with Gasteiger partial charge in [0.1, 0.15) is 0 Å².